The molecule has 0 N–H and O–H groups in total. The molecule has 1 amide bonds. The van der Waals surface area contributed by atoms with Gasteiger partial charge in [-0.15, -0.1) is 0 Å². The van der Waals surface area contributed by atoms with Crippen LogP contribution < -0.4 is 19.1 Å². The molecule has 29 heavy (non-hydrogen) atoms. The van der Waals surface area contributed by atoms with Crippen LogP contribution in [0.1, 0.15) is 26.3 Å². The molecule has 5 nitrogen and oxygen atoms in total. The lowest BCUT2D eigenvalue weighted by atomic mass is 10.1. The average Bonchev–Trinajstić information content (AvgIpc) is 2.97. The van der Waals surface area contributed by atoms with Crippen LogP contribution in [0.4, 0.5) is 5.69 Å². The van der Waals surface area contributed by atoms with Gasteiger partial charge in [0.15, 0.2) is 15.8 Å². The zero-order valence-corrected chi connectivity index (χ0v) is 18.4. The van der Waals surface area contributed by atoms with Gasteiger partial charge in [0.25, 0.3) is 5.91 Å². The second-order valence-electron chi connectivity index (χ2n) is 6.52. The lowest BCUT2D eigenvalue weighted by molar-refractivity contribution is -0.113. The second kappa shape index (κ2) is 9.33. The second-order valence-corrected chi connectivity index (χ2v) is 8.20. The van der Waals surface area contributed by atoms with Crippen molar-refractivity contribution in [2.24, 2.45) is 0 Å². The van der Waals surface area contributed by atoms with E-state index >= 15 is 0 Å². The Hall–Kier alpha value is -2.51. The molecule has 1 aliphatic rings. The Labute approximate surface area is 180 Å². The number of hydrogen-bond donors (Lipinski definition) is 0. The summed E-state index contributed by atoms with van der Waals surface area (Å²) in [7, 11) is 1.60. The van der Waals surface area contributed by atoms with Crippen LogP contribution in [0.5, 0.6) is 17.2 Å². The van der Waals surface area contributed by atoms with Crippen molar-refractivity contribution in [3.8, 4) is 17.2 Å². The fourth-order valence-electron chi connectivity index (χ4n) is 2.81. The van der Waals surface area contributed by atoms with E-state index in [0.29, 0.717) is 33.0 Å². The number of carbonyl (C=O) groups is 1. The molecule has 0 atom stereocenters. The monoisotopic (exact) mass is 429 g/mol. The number of nitrogens with zero attached hydrogens (tertiary/aromatic N) is 1. The van der Waals surface area contributed by atoms with Crippen LogP contribution in [0.15, 0.2) is 47.4 Å². The first-order valence-corrected chi connectivity index (χ1v) is 10.5. The van der Waals surface area contributed by atoms with Gasteiger partial charge < -0.3 is 14.2 Å². The predicted molar refractivity (Wildman–Crippen MR) is 122 cm³/mol. The molecule has 1 fully saturated rings. The van der Waals surface area contributed by atoms with Crippen molar-refractivity contribution in [3.63, 3.8) is 0 Å². The first kappa shape index (κ1) is 21.2. The Balaban J connectivity index is 1.87. The van der Waals surface area contributed by atoms with Crippen LogP contribution in [0.2, 0.25) is 0 Å². The van der Waals surface area contributed by atoms with Crippen molar-refractivity contribution in [3.05, 3.63) is 52.9 Å². The van der Waals surface area contributed by atoms with Crippen LogP contribution >= 0.6 is 24.0 Å². The number of anilines is 1. The summed E-state index contributed by atoms with van der Waals surface area (Å²) < 4.78 is 17.2. The van der Waals surface area contributed by atoms with Crippen molar-refractivity contribution in [1.82, 2.24) is 0 Å². The molecule has 0 saturated carbocycles. The Morgan fingerprint density at radius 3 is 2.48 bits per heavy atom. The number of hydrogen-bond acceptors (Lipinski definition) is 6. The Morgan fingerprint density at radius 1 is 1.14 bits per heavy atom. The number of thiocarbonyl (C=S) groups is 1. The maximum Gasteiger partial charge on any atom is 0.270 e. The molecule has 3 rings (SSSR count). The smallest absolute Gasteiger partial charge is 0.270 e. The molecular formula is C22H23NO4S2. The summed E-state index contributed by atoms with van der Waals surface area (Å²) >= 11 is 6.72. The summed E-state index contributed by atoms with van der Waals surface area (Å²) in [6, 6.07) is 12.9. The maximum atomic E-state index is 13.0. The summed E-state index contributed by atoms with van der Waals surface area (Å²) in [5.74, 6) is 1.91. The van der Waals surface area contributed by atoms with Gasteiger partial charge in [-0.2, -0.15) is 0 Å². The third-order valence-corrected chi connectivity index (χ3v) is 5.35. The molecule has 1 aliphatic heterocycles. The molecule has 0 radical (unpaired) electrons. The fraction of sp³-hybridized carbons (Fsp3) is 0.273. The van der Waals surface area contributed by atoms with E-state index in [0.717, 1.165) is 11.3 Å². The lowest BCUT2D eigenvalue weighted by Crippen LogP contribution is -2.27. The molecule has 2 aromatic carbocycles. The quantitative estimate of drug-likeness (QED) is 0.440. The van der Waals surface area contributed by atoms with Gasteiger partial charge in [-0.1, -0.05) is 30.0 Å². The van der Waals surface area contributed by atoms with E-state index in [2.05, 4.69) is 0 Å². The van der Waals surface area contributed by atoms with Gasteiger partial charge in [-0.05, 0) is 68.8 Å². The standard InChI is InChI=1S/C22H23NO4S2/c1-5-26-19-12-15(6-11-18(19)27-14(2)3)13-20-21(24)23(22(28)29-20)16-7-9-17(25-4)10-8-16/h6-14H,5H2,1-4H3/b20-13-. The number of amides is 1. The first-order chi connectivity index (χ1) is 13.9. The highest BCUT2D eigenvalue weighted by molar-refractivity contribution is 8.27. The van der Waals surface area contributed by atoms with Crippen molar-refractivity contribution < 1.29 is 19.0 Å². The summed E-state index contributed by atoms with van der Waals surface area (Å²) in [4.78, 5) is 15.1. The topological polar surface area (TPSA) is 48.0 Å². The van der Waals surface area contributed by atoms with E-state index in [-0.39, 0.29) is 12.0 Å². The number of rotatable bonds is 7. The van der Waals surface area contributed by atoms with Gasteiger partial charge in [0.05, 0.1) is 30.4 Å². The average molecular weight is 430 g/mol. The Morgan fingerprint density at radius 2 is 1.86 bits per heavy atom. The van der Waals surface area contributed by atoms with E-state index in [1.54, 1.807) is 19.2 Å². The SMILES string of the molecule is CCOc1cc(/C=C2\SC(=S)N(c3ccc(OC)cc3)C2=O)ccc1OC(C)C. The van der Waals surface area contributed by atoms with E-state index in [1.165, 1.54) is 16.7 Å². The van der Waals surface area contributed by atoms with Gasteiger partial charge >= 0.3 is 0 Å². The summed E-state index contributed by atoms with van der Waals surface area (Å²) in [6.45, 7) is 6.38. The number of thioether (sulfide) groups is 1. The third kappa shape index (κ3) is 4.92. The Kier molecular flexibility index (Phi) is 6.82. The van der Waals surface area contributed by atoms with Crippen LogP contribution in [0.3, 0.4) is 0 Å². The van der Waals surface area contributed by atoms with Gasteiger partial charge in [0.2, 0.25) is 0 Å². The van der Waals surface area contributed by atoms with Crippen LogP contribution in [-0.4, -0.2) is 30.0 Å². The van der Waals surface area contributed by atoms with E-state index in [9.17, 15) is 4.79 Å². The first-order valence-electron chi connectivity index (χ1n) is 9.28. The molecule has 2 aromatic rings. The van der Waals surface area contributed by atoms with Gasteiger partial charge in [0, 0.05) is 0 Å². The number of carbonyl (C=O) groups excluding carboxylic acids is 1. The highest BCUT2D eigenvalue weighted by Gasteiger charge is 2.33. The van der Waals surface area contributed by atoms with Crippen LogP contribution in [-0.2, 0) is 4.79 Å². The fourth-order valence-corrected chi connectivity index (χ4v) is 4.11. The molecule has 1 heterocycles. The summed E-state index contributed by atoms with van der Waals surface area (Å²) in [5, 5.41) is 0. The van der Waals surface area contributed by atoms with Crippen molar-refractivity contribution in [2.75, 3.05) is 18.6 Å². The number of ether oxygens (including phenoxy) is 3. The molecule has 1 saturated heterocycles. The molecule has 7 heteroatoms. The van der Waals surface area contributed by atoms with Crippen molar-refractivity contribution >= 4 is 46.0 Å². The number of benzene rings is 2. The van der Waals surface area contributed by atoms with Crippen molar-refractivity contribution in [1.29, 1.82) is 0 Å². The van der Waals surface area contributed by atoms with Crippen molar-refractivity contribution in [2.45, 2.75) is 26.9 Å². The van der Waals surface area contributed by atoms with E-state index < -0.39 is 0 Å². The molecule has 152 valence electrons. The summed E-state index contributed by atoms with van der Waals surface area (Å²) in [5.41, 5.74) is 1.56. The zero-order valence-electron chi connectivity index (χ0n) is 16.8. The largest absolute Gasteiger partial charge is 0.497 e. The van der Waals surface area contributed by atoms with E-state index in [1.807, 2.05) is 57.2 Å². The minimum absolute atomic E-state index is 0.0424. The molecule has 0 spiro atoms. The normalized spacial score (nSPS) is 15.3. The number of methoxy groups -OCH3 is 1. The van der Waals surface area contributed by atoms with Crippen LogP contribution in [0, 0.1) is 0 Å². The molecule has 0 bridgehead atoms. The summed E-state index contributed by atoms with van der Waals surface area (Å²) in [6.07, 6.45) is 1.87. The molecule has 0 unspecified atom stereocenters. The Bertz CT molecular complexity index is 938. The van der Waals surface area contributed by atoms with Gasteiger partial charge in [0.1, 0.15) is 5.75 Å². The maximum absolute atomic E-state index is 13.0. The minimum Gasteiger partial charge on any atom is -0.497 e. The highest BCUT2D eigenvalue weighted by Crippen LogP contribution is 2.37. The highest BCUT2D eigenvalue weighted by atomic mass is 32.2. The minimum atomic E-state index is -0.148. The zero-order chi connectivity index (χ0) is 21.0. The lowest BCUT2D eigenvalue weighted by Gasteiger charge is -2.15. The molecule has 0 aliphatic carbocycles. The van der Waals surface area contributed by atoms with Gasteiger partial charge in [-0.25, -0.2) is 0 Å². The molecular weight excluding hydrogens is 406 g/mol. The third-order valence-electron chi connectivity index (χ3n) is 4.05. The van der Waals surface area contributed by atoms with Crippen LogP contribution in [0.25, 0.3) is 6.08 Å². The van der Waals surface area contributed by atoms with E-state index in [4.69, 9.17) is 26.4 Å². The predicted octanol–water partition coefficient (Wildman–Crippen LogP) is 5.29. The molecule has 0 aromatic heterocycles. The van der Waals surface area contributed by atoms with Gasteiger partial charge in [-0.3, -0.25) is 9.69 Å².